The van der Waals surface area contributed by atoms with Crippen LogP contribution in [0.15, 0.2) is 23.8 Å². The first kappa shape index (κ1) is 9.20. The third-order valence-corrected chi connectivity index (χ3v) is 2.31. The Morgan fingerprint density at radius 3 is 2.92 bits per heavy atom. The predicted octanol–water partition coefficient (Wildman–Crippen LogP) is 1.46. The Bertz CT molecular complexity index is 238. The molecule has 1 rings (SSSR count). The lowest BCUT2D eigenvalue weighted by atomic mass is 9.85. The molecule has 2 heteroatoms. The van der Waals surface area contributed by atoms with Crippen LogP contribution < -0.4 is 0 Å². The fourth-order valence-electron chi connectivity index (χ4n) is 1.36. The molecule has 0 heterocycles. The maximum absolute atomic E-state index is 11.3. The van der Waals surface area contributed by atoms with E-state index in [9.17, 15) is 4.79 Å². The van der Waals surface area contributed by atoms with Gasteiger partial charge in [0.2, 0.25) is 0 Å². The summed E-state index contributed by atoms with van der Waals surface area (Å²) in [6.07, 6.45) is 3.18. The summed E-state index contributed by atoms with van der Waals surface area (Å²) in [7, 11) is 0. The number of rotatable bonds is 2. The molecule has 0 spiro atoms. The number of carbonyl (C=O) groups is 1. The molecule has 0 fully saturated rings. The standard InChI is InChI=1S/C10H14O2/c1-7(2)8-3-4-9(6-11)10(12)5-8/h4,8,11H,1,3,5-6H2,2H3/t8-/m1/s1. The average molecular weight is 166 g/mol. The first-order valence-corrected chi connectivity index (χ1v) is 4.13. The maximum atomic E-state index is 11.3. The van der Waals surface area contributed by atoms with Gasteiger partial charge in [0.25, 0.3) is 0 Å². The third kappa shape index (κ3) is 1.83. The van der Waals surface area contributed by atoms with Gasteiger partial charge in [-0.05, 0) is 19.3 Å². The van der Waals surface area contributed by atoms with Gasteiger partial charge in [-0.2, -0.15) is 0 Å². The minimum absolute atomic E-state index is 0.0664. The molecule has 0 unspecified atom stereocenters. The van der Waals surface area contributed by atoms with Crippen LogP contribution in [0.3, 0.4) is 0 Å². The van der Waals surface area contributed by atoms with Gasteiger partial charge in [0.1, 0.15) is 0 Å². The van der Waals surface area contributed by atoms with Crippen LogP contribution in [-0.4, -0.2) is 17.5 Å². The van der Waals surface area contributed by atoms with Gasteiger partial charge in [0, 0.05) is 12.0 Å². The highest BCUT2D eigenvalue weighted by Gasteiger charge is 2.21. The average Bonchev–Trinajstić information content (AvgIpc) is 2.04. The van der Waals surface area contributed by atoms with Gasteiger partial charge in [-0.25, -0.2) is 0 Å². The lowest BCUT2D eigenvalue weighted by molar-refractivity contribution is -0.117. The molecule has 0 bridgehead atoms. The van der Waals surface area contributed by atoms with Crippen molar-refractivity contribution < 1.29 is 9.90 Å². The number of hydrogen-bond acceptors (Lipinski definition) is 2. The zero-order valence-corrected chi connectivity index (χ0v) is 7.34. The summed E-state index contributed by atoms with van der Waals surface area (Å²) in [5, 5.41) is 8.77. The van der Waals surface area contributed by atoms with Crippen molar-refractivity contribution in [3.8, 4) is 0 Å². The molecule has 12 heavy (non-hydrogen) atoms. The van der Waals surface area contributed by atoms with Gasteiger partial charge < -0.3 is 5.11 Å². The van der Waals surface area contributed by atoms with E-state index < -0.39 is 0 Å². The second kappa shape index (κ2) is 3.68. The molecule has 0 aliphatic heterocycles. The first-order valence-electron chi connectivity index (χ1n) is 4.13. The minimum Gasteiger partial charge on any atom is -0.392 e. The first-order chi connectivity index (χ1) is 5.65. The van der Waals surface area contributed by atoms with Gasteiger partial charge in [0.15, 0.2) is 5.78 Å². The summed E-state index contributed by atoms with van der Waals surface area (Å²) in [4.78, 5) is 11.3. The fraction of sp³-hybridized carbons (Fsp3) is 0.500. The molecule has 0 aromatic heterocycles. The van der Waals surface area contributed by atoms with Crippen molar-refractivity contribution in [2.24, 2.45) is 5.92 Å². The summed E-state index contributed by atoms with van der Waals surface area (Å²) in [5.74, 6) is 0.351. The number of aliphatic hydroxyl groups is 1. The molecule has 2 nitrogen and oxygen atoms in total. The Balaban J connectivity index is 2.69. The summed E-state index contributed by atoms with van der Waals surface area (Å²) in [5.41, 5.74) is 1.61. The maximum Gasteiger partial charge on any atom is 0.161 e. The SMILES string of the molecule is C=C(C)[C@@H]1CC=C(CO)C(=O)C1. The molecule has 1 aliphatic rings. The molecule has 1 atom stereocenters. The van der Waals surface area contributed by atoms with Crippen molar-refractivity contribution in [1.29, 1.82) is 0 Å². The van der Waals surface area contributed by atoms with E-state index in [0.717, 1.165) is 12.0 Å². The van der Waals surface area contributed by atoms with Gasteiger partial charge in [-0.15, -0.1) is 0 Å². The fourth-order valence-corrected chi connectivity index (χ4v) is 1.36. The van der Waals surface area contributed by atoms with Gasteiger partial charge >= 0.3 is 0 Å². The number of hydrogen-bond donors (Lipinski definition) is 1. The second-order valence-electron chi connectivity index (χ2n) is 3.29. The van der Waals surface area contributed by atoms with Crippen molar-refractivity contribution in [3.63, 3.8) is 0 Å². The predicted molar refractivity (Wildman–Crippen MR) is 47.7 cm³/mol. The normalized spacial score (nSPS) is 23.7. The zero-order valence-electron chi connectivity index (χ0n) is 7.34. The van der Waals surface area contributed by atoms with E-state index in [2.05, 4.69) is 6.58 Å². The van der Waals surface area contributed by atoms with E-state index in [1.807, 2.05) is 13.0 Å². The summed E-state index contributed by atoms with van der Waals surface area (Å²) in [6, 6.07) is 0. The topological polar surface area (TPSA) is 37.3 Å². The molecule has 0 saturated heterocycles. The third-order valence-electron chi connectivity index (χ3n) is 2.31. The molecular weight excluding hydrogens is 152 g/mol. The number of Topliss-reactive ketones (excluding diaryl/α,β-unsaturated/α-hetero) is 1. The molecule has 0 aromatic carbocycles. The Kier molecular flexibility index (Phi) is 2.82. The number of carbonyl (C=O) groups excluding carboxylic acids is 1. The Morgan fingerprint density at radius 1 is 1.83 bits per heavy atom. The number of aliphatic hydroxyl groups excluding tert-OH is 1. The molecule has 66 valence electrons. The van der Waals surface area contributed by atoms with E-state index in [4.69, 9.17) is 5.11 Å². The van der Waals surface area contributed by atoms with Crippen LogP contribution >= 0.6 is 0 Å². The summed E-state index contributed by atoms with van der Waals surface area (Å²) >= 11 is 0. The molecule has 1 aliphatic carbocycles. The molecule has 0 amide bonds. The molecular formula is C10H14O2. The van der Waals surface area contributed by atoms with Crippen LogP contribution in [0.5, 0.6) is 0 Å². The Hall–Kier alpha value is -0.890. The van der Waals surface area contributed by atoms with E-state index >= 15 is 0 Å². The van der Waals surface area contributed by atoms with E-state index in [1.165, 1.54) is 0 Å². The van der Waals surface area contributed by atoms with Crippen LogP contribution in [-0.2, 0) is 4.79 Å². The quantitative estimate of drug-likeness (QED) is 0.630. The molecule has 0 radical (unpaired) electrons. The van der Waals surface area contributed by atoms with Crippen molar-refractivity contribution in [1.82, 2.24) is 0 Å². The van der Waals surface area contributed by atoms with Crippen LogP contribution in [0.2, 0.25) is 0 Å². The van der Waals surface area contributed by atoms with Crippen molar-refractivity contribution in [3.05, 3.63) is 23.8 Å². The van der Waals surface area contributed by atoms with Gasteiger partial charge in [-0.1, -0.05) is 18.2 Å². The highest BCUT2D eigenvalue weighted by atomic mass is 16.3. The zero-order chi connectivity index (χ0) is 9.14. The van der Waals surface area contributed by atoms with Crippen molar-refractivity contribution in [2.75, 3.05) is 6.61 Å². The van der Waals surface area contributed by atoms with Crippen LogP contribution in [0.25, 0.3) is 0 Å². The lowest BCUT2D eigenvalue weighted by Gasteiger charge is -2.19. The molecule has 0 saturated carbocycles. The summed E-state index contributed by atoms with van der Waals surface area (Å²) in [6.45, 7) is 5.64. The van der Waals surface area contributed by atoms with Crippen LogP contribution in [0.1, 0.15) is 19.8 Å². The van der Waals surface area contributed by atoms with Crippen LogP contribution in [0.4, 0.5) is 0 Å². The second-order valence-corrected chi connectivity index (χ2v) is 3.29. The largest absolute Gasteiger partial charge is 0.392 e. The number of ketones is 1. The Labute approximate surface area is 72.6 Å². The molecule has 1 N–H and O–H groups in total. The number of allylic oxidation sites excluding steroid dienone is 2. The monoisotopic (exact) mass is 166 g/mol. The van der Waals surface area contributed by atoms with Gasteiger partial charge in [0.05, 0.1) is 6.61 Å². The van der Waals surface area contributed by atoms with E-state index in [0.29, 0.717) is 12.0 Å². The smallest absolute Gasteiger partial charge is 0.161 e. The Morgan fingerprint density at radius 2 is 2.50 bits per heavy atom. The highest BCUT2D eigenvalue weighted by Crippen LogP contribution is 2.25. The summed E-state index contributed by atoms with van der Waals surface area (Å²) < 4.78 is 0. The van der Waals surface area contributed by atoms with Crippen LogP contribution in [0, 0.1) is 5.92 Å². The molecule has 0 aromatic rings. The minimum atomic E-state index is -0.123. The van der Waals surface area contributed by atoms with Gasteiger partial charge in [-0.3, -0.25) is 4.79 Å². The van der Waals surface area contributed by atoms with Crippen molar-refractivity contribution in [2.45, 2.75) is 19.8 Å². The van der Waals surface area contributed by atoms with E-state index in [1.54, 1.807) is 0 Å². The lowest BCUT2D eigenvalue weighted by Crippen LogP contribution is -2.18. The van der Waals surface area contributed by atoms with Crippen molar-refractivity contribution >= 4 is 5.78 Å². The van der Waals surface area contributed by atoms with E-state index in [-0.39, 0.29) is 18.3 Å². The highest BCUT2D eigenvalue weighted by molar-refractivity contribution is 5.96.